The summed E-state index contributed by atoms with van der Waals surface area (Å²) in [4.78, 5) is 26.7. The summed E-state index contributed by atoms with van der Waals surface area (Å²) in [6.45, 7) is 4.35. The van der Waals surface area contributed by atoms with Gasteiger partial charge in [0.25, 0.3) is 0 Å². The van der Waals surface area contributed by atoms with Gasteiger partial charge in [0.2, 0.25) is 0 Å². The lowest BCUT2D eigenvalue weighted by Gasteiger charge is -2.02. The standard InChI is InChI=1S/C10H15N3O4S/c1-3-16-8(14)7-6(2)18-10(13-7)12-4-5-17-9(11)15/h3-5H2,1-2H3,(H2,11,15)(H,12,13). The predicted octanol–water partition coefficient (Wildman–Crippen LogP) is 1.14. The molecule has 8 heteroatoms. The lowest BCUT2D eigenvalue weighted by molar-refractivity contribution is 0.0519. The molecule has 0 aromatic carbocycles. The summed E-state index contributed by atoms with van der Waals surface area (Å²) in [7, 11) is 0. The highest BCUT2D eigenvalue weighted by Gasteiger charge is 2.16. The monoisotopic (exact) mass is 273 g/mol. The maximum absolute atomic E-state index is 11.5. The third kappa shape index (κ3) is 4.21. The van der Waals surface area contributed by atoms with Gasteiger partial charge in [0.05, 0.1) is 13.2 Å². The van der Waals surface area contributed by atoms with Crippen molar-refractivity contribution >= 4 is 28.5 Å². The lowest BCUT2D eigenvalue weighted by atomic mass is 10.4. The molecule has 1 rings (SSSR count). The number of ether oxygens (including phenoxy) is 2. The zero-order valence-corrected chi connectivity index (χ0v) is 11.0. The number of rotatable bonds is 6. The number of anilines is 1. The maximum atomic E-state index is 11.5. The Labute approximate surface area is 108 Å². The van der Waals surface area contributed by atoms with Gasteiger partial charge >= 0.3 is 12.1 Å². The van der Waals surface area contributed by atoms with Crippen LogP contribution in [0.4, 0.5) is 9.93 Å². The summed E-state index contributed by atoms with van der Waals surface area (Å²) in [5, 5.41) is 3.50. The van der Waals surface area contributed by atoms with Crippen LogP contribution in [0.15, 0.2) is 0 Å². The van der Waals surface area contributed by atoms with E-state index in [0.717, 1.165) is 4.88 Å². The number of esters is 1. The summed E-state index contributed by atoms with van der Waals surface area (Å²) in [5.41, 5.74) is 5.12. The maximum Gasteiger partial charge on any atom is 0.404 e. The van der Waals surface area contributed by atoms with E-state index in [4.69, 9.17) is 10.5 Å². The van der Waals surface area contributed by atoms with Crippen LogP contribution in [-0.4, -0.2) is 36.8 Å². The average Bonchev–Trinajstić information content (AvgIpc) is 2.66. The molecule has 1 aromatic rings. The van der Waals surface area contributed by atoms with E-state index in [1.54, 1.807) is 13.8 Å². The molecule has 100 valence electrons. The van der Waals surface area contributed by atoms with Gasteiger partial charge < -0.3 is 20.5 Å². The largest absolute Gasteiger partial charge is 0.461 e. The van der Waals surface area contributed by atoms with E-state index in [2.05, 4.69) is 15.0 Å². The molecule has 0 fully saturated rings. The third-order valence-corrected chi connectivity index (χ3v) is 2.82. The number of nitrogens with one attached hydrogen (secondary N) is 1. The average molecular weight is 273 g/mol. The van der Waals surface area contributed by atoms with Crippen LogP contribution in [0.1, 0.15) is 22.3 Å². The van der Waals surface area contributed by atoms with Crippen molar-refractivity contribution in [3.8, 4) is 0 Å². The van der Waals surface area contributed by atoms with Gasteiger partial charge in [0.15, 0.2) is 10.8 Å². The molecule has 18 heavy (non-hydrogen) atoms. The zero-order chi connectivity index (χ0) is 13.5. The number of carbonyl (C=O) groups is 2. The summed E-state index contributed by atoms with van der Waals surface area (Å²) >= 11 is 1.33. The second kappa shape index (κ2) is 6.80. The van der Waals surface area contributed by atoms with E-state index in [-0.39, 0.29) is 6.61 Å². The van der Waals surface area contributed by atoms with Crippen LogP contribution in [0.25, 0.3) is 0 Å². The minimum absolute atomic E-state index is 0.142. The van der Waals surface area contributed by atoms with Gasteiger partial charge in [-0.25, -0.2) is 14.6 Å². The highest BCUT2D eigenvalue weighted by atomic mass is 32.1. The molecule has 0 bridgehead atoms. The fraction of sp³-hybridized carbons (Fsp3) is 0.500. The number of thiazole rings is 1. The number of aromatic nitrogens is 1. The number of primary amides is 1. The first-order valence-corrected chi connectivity index (χ1v) is 6.17. The molecule has 0 unspecified atom stereocenters. The van der Waals surface area contributed by atoms with Gasteiger partial charge in [0, 0.05) is 4.88 Å². The summed E-state index contributed by atoms with van der Waals surface area (Å²) < 4.78 is 9.42. The van der Waals surface area contributed by atoms with E-state index in [1.807, 2.05) is 0 Å². The highest BCUT2D eigenvalue weighted by molar-refractivity contribution is 7.15. The van der Waals surface area contributed by atoms with Crippen LogP contribution >= 0.6 is 11.3 Å². The molecule has 1 amide bonds. The van der Waals surface area contributed by atoms with Gasteiger partial charge in [-0.2, -0.15) is 0 Å². The van der Waals surface area contributed by atoms with Crippen LogP contribution < -0.4 is 11.1 Å². The second-order valence-electron chi connectivity index (χ2n) is 3.24. The van der Waals surface area contributed by atoms with E-state index >= 15 is 0 Å². The Balaban J connectivity index is 2.50. The smallest absolute Gasteiger partial charge is 0.404 e. The van der Waals surface area contributed by atoms with Crippen molar-refractivity contribution in [2.24, 2.45) is 5.73 Å². The van der Waals surface area contributed by atoms with E-state index in [9.17, 15) is 9.59 Å². The first-order valence-electron chi connectivity index (χ1n) is 5.35. The Kier molecular flexibility index (Phi) is 5.37. The summed E-state index contributed by atoms with van der Waals surface area (Å²) in [5.74, 6) is -0.437. The molecule has 0 radical (unpaired) electrons. The van der Waals surface area contributed by atoms with Crippen molar-refractivity contribution in [2.45, 2.75) is 13.8 Å². The van der Waals surface area contributed by atoms with Crippen molar-refractivity contribution in [2.75, 3.05) is 25.1 Å². The molecular formula is C10H15N3O4S. The number of hydrogen-bond acceptors (Lipinski definition) is 7. The van der Waals surface area contributed by atoms with E-state index < -0.39 is 12.1 Å². The first kappa shape index (κ1) is 14.2. The highest BCUT2D eigenvalue weighted by Crippen LogP contribution is 2.22. The van der Waals surface area contributed by atoms with Crippen molar-refractivity contribution in [3.63, 3.8) is 0 Å². The van der Waals surface area contributed by atoms with Crippen molar-refractivity contribution in [3.05, 3.63) is 10.6 Å². The Morgan fingerprint density at radius 2 is 2.17 bits per heavy atom. The van der Waals surface area contributed by atoms with Crippen LogP contribution in [0, 0.1) is 6.92 Å². The van der Waals surface area contributed by atoms with Crippen LogP contribution in [-0.2, 0) is 9.47 Å². The van der Waals surface area contributed by atoms with Crippen molar-refractivity contribution < 1.29 is 19.1 Å². The quantitative estimate of drug-likeness (QED) is 0.595. The summed E-state index contributed by atoms with van der Waals surface area (Å²) in [6, 6.07) is 0. The molecule has 0 saturated heterocycles. The molecule has 0 aliphatic carbocycles. The van der Waals surface area contributed by atoms with Crippen LogP contribution in [0.3, 0.4) is 0 Å². The SMILES string of the molecule is CCOC(=O)c1nc(NCCOC(N)=O)sc1C. The first-order chi connectivity index (χ1) is 8.54. The molecule has 0 saturated carbocycles. The van der Waals surface area contributed by atoms with E-state index in [0.29, 0.717) is 24.0 Å². The fourth-order valence-corrected chi connectivity index (χ4v) is 2.00. The molecular weight excluding hydrogens is 258 g/mol. The molecule has 0 atom stereocenters. The normalized spacial score (nSPS) is 9.89. The van der Waals surface area contributed by atoms with Gasteiger partial charge in [-0.05, 0) is 13.8 Å². The van der Waals surface area contributed by atoms with E-state index in [1.165, 1.54) is 11.3 Å². The second-order valence-corrected chi connectivity index (χ2v) is 4.44. The number of carbonyl (C=O) groups excluding carboxylic acids is 2. The van der Waals surface area contributed by atoms with Crippen molar-refractivity contribution in [1.29, 1.82) is 0 Å². The minimum Gasteiger partial charge on any atom is -0.461 e. The number of aryl methyl sites for hydroxylation is 1. The molecule has 0 aliphatic rings. The topological polar surface area (TPSA) is 104 Å². The molecule has 1 aromatic heterocycles. The Hall–Kier alpha value is -1.83. The number of amides is 1. The number of hydrogen-bond donors (Lipinski definition) is 2. The number of nitrogens with zero attached hydrogens (tertiary/aromatic N) is 1. The molecule has 3 N–H and O–H groups in total. The summed E-state index contributed by atoms with van der Waals surface area (Å²) in [6.07, 6.45) is -0.820. The van der Waals surface area contributed by atoms with Crippen molar-refractivity contribution in [1.82, 2.24) is 4.98 Å². The number of nitrogens with two attached hydrogens (primary N) is 1. The lowest BCUT2D eigenvalue weighted by Crippen LogP contribution is -2.18. The van der Waals surface area contributed by atoms with Gasteiger partial charge in [-0.1, -0.05) is 0 Å². The fourth-order valence-electron chi connectivity index (χ4n) is 1.17. The minimum atomic E-state index is -0.820. The van der Waals surface area contributed by atoms with Gasteiger partial charge in [0.1, 0.15) is 6.61 Å². The molecule has 7 nitrogen and oxygen atoms in total. The molecule has 0 spiro atoms. The van der Waals surface area contributed by atoms with Crippen LogP contribution in [0.5, 0.6) is 0 Å². The van der Waals surface area contributed by atoms with Gasteiger partial charge in [-0.3, -0.25) is 0 Å². The van der Waals surface area contributed by atoms with Crippen LogP contribution in [0.2, 0.25) is 0 Å². The zero-order valence-electron chi connectivity index (χ0n) is 10.2. The Bertz CT molecular complexity index is 433. The van der Waals surface area contributed by atoms with Gasteiger partial charge in [-0.15, -0.1) is 11.3 Å². The Morgan fingerprint density at radius 3 is 2.78 bits per heavy atom. The predicted molar refractivity (Wildman–Crippen MR) is 66.8 cm³/mol. The molecule has 0 aliphatic heterocycles. The third-order valence-electron chi connectivity index (χ3n) is 1.89. The molecule has 1 heterocycles. The Morgan fingerprint density at radius 1 is 1.44 bits per heavy atom.